The average Bonchev–Trinajstić information content (AvgIpc) is 3.36. The Hall–Kier alpha value is -1.94. The second-order valence-corrected chi connectivity index (χ2v) is 7.39. The monoisotopic (exact) mass is 510 g/mol. The molecule has 0 amide bonds. The lowest BCUT2D eigenvalue weighted by atomic mass is 10.2. The Kier molecular flexibility index (Phi) is 8.91. The average molecular weight is 510 g/mol. The van der Waals surface area contributed by atoms with Crippen molar-refractivity contribution in [1.29, 1.82) is 0 Å². The number of nitrogens with zero attached hydrogens (tertiary/aromatic N) is 4. The molecular weight excluding hydrogens is 483 g/mol. The number of thiazole rings is 1. The number of hydrogen-bond acceptors (Lipinski definition) is 4. The predicted octanol–water partition coefficient (Wildman–Crippen LogP) is 4.33. The summed E-state index contributed by atoms with van der Waals surface area (Å²) in [4.78, 5) is 9.41. The van der Waals surface area contributed by atoms with Gasteiger partial charge in [0.05, 0.1) is 24.5 Å². The van der Waals surface area contributed by atoms with Gasteiger partial charge in [0, 0.05) is 24.3 Å². The fourth-order valence-corrected chi connectivity index (χ4v) is 3.51. The van der Waals surface area contributed by atoms with E-state index in [1.54, 1.807) is 17.5 Å². The van der Waals surface area contributed by atoms with Crippen molar-refractivity contribution in [2.75, 3.05) is 6.54 Å². The van der Waals surface area contributed by atoms with Crippen LogP contribution in [0.2, 0.25) is 0 Å². The van der Waals surface area contributed by atoms with Crippen molar-refractivity contribution >= 4 is 41.3 Å². The molecule has 28 heavy (non-hydrogen) atoms. The van der Waals surface area contributed by atoms with Crippen LogP contribution in [0.5, 0.6) is 0 Å². The maximum atomic E-state index is 4.74. The van der Waals surface area contributed by atoms with Crippen molar-refractivity contribution in [3.05, 3.63) is 64.4 Å². The van der Waals surface area contributed by atoms with Crippen molar-refractivity contribution in [3.63, 3.8) is 0 Å². The molecule has 2 heterocycles. The lowest BCUT2D eigenvalue weighted by molar-refractivity contribution is 0.786. The molecule has 8 heteroatoms. The second-order valence-electron chi connectivity index (χ2n) is 6.45. The lowest BCUT2D eigenvalue weighted by Gasteiger charge is -2.12. The topological polar surface area (TPSA) is 67.1 Å². The number of guanidine groups is 1. The quantitative estimate of drug-likeness (QED) is 0.282. The smallest absolute Gasteiger partial charge is 0.191 e. The van der Waals surface area contributed by atoms with Gasteiger partial charge < -0.3 is 10.6 Å². The molecule has 1 aromatic carbocycles. The third kappa shape index (κ3) is 6.03. The van der Waals surface area contributed by atoms with Gasteiger partial charge in [0.2, 0.25) is 0 Å². The van der Waals surface area contributed by atoms with Crippen molar-refractivity contribution in [1.82, 2.24) is 25.4 Å². The highest BCUT2D eigenvalue weighted by Crippen LogP contribution is 2.17. The van der Waals surface area contributed by atoms with Gasteiger partial charge in [0.15, 0.2) is 5.96 Å². The van der Waals surface area contributed by atoms with E-state index >= 15 is 0 Å². The van der Waals surface area contributed by atoms with Crippen LogP contribution in [-0.2, 0) is 13.1 Å². The van der Waals surface area contributed by atoms with Gasteiger partial charge in [0.1, 0.15) is 5.01 Å². The molecule has 0 saturated heterocycles. The summed E-state index contributed by atoms with van der Waals surface area (Å²) < 4.78 is 1.87. The van der Waals surface area contributed by atoms with Crippen LogP contribution in [0, 0.1) is 0 Å². The van der Waals surface area contributed by atoms with Crippen molar-refractivity contribution in [3.8, 4) is 5.69 Å². The Bertz CT molecular complexity index is 872. The predicted molar refractivity (Wildman–Crippen MR) is 127 cm³/mol. The summed E-state index contributed by atoms with van der Waals surface area (Å²) in [7, 11) is 0. The van der Waals surface area contributed by atoms with Crippen LogP contribution in [0.1, 0.15) is 43.0 Å². The number of rotatable bonds is 7. The van der Waals surface area contributed by atoms with Crippen LogP contribution in [-0.4, -0.2) is 27.3 Å². The fraction of sp³-hybridized carbons (Fsp3) is 0.350. The van der Waals surface area contributed by atoms with Gasteiger partial charge in [-0.3, -0.25) is 0 Å². The zero-order valence-electron chi connectivity index (χ0n) is 16.4. The normalized spacial score (nSPS) is 11.4. The summed E-state index contributed by atoms with van der Waals surface area (Å²) in [5, 5.41) is 14.2. The Morgan fingerprint density at radius 2 is 2.04 bits per heavy atom. The highest BCUT2D eigenvalue weighted by molar-refractivity contribution is 14.0. The number of aromatic nitrogens is 3. The van der Waals surface area contributed by atoms with Crippen molar-refractivity contribution < 1.29 is 0 Å². The molecular formula is C20H27IN6S. The first-order valence-electron chi connectivity index (χ1n) is 9.21. The molecule has 0 bridgehead atoms. The van der Waals surface area contributed by atoms with E-state index in [2.05, 4.69) is 59.0 Å². The van der Waals surface area contributed by atoms with Gasteiger partial charge >= 0.3 is 0 Å². The highest BCUT2D eigenvalue weighted by atomic mass is 127. The number of benzene rings is 1. The van der Waals surface area contributed by atoms with Crippen LogP contribution in [0.3, 0.4) is 0 Å². The van der Waals surface area contributed by atoms with Crippen LogP contribution in [0.25, 0.3) is 5.69 Å². The number of nitrogens with one attached hydrogen (secondary N) is 2. The van der Waals surface area contributed by atoms with E-state index in [1.165, 1.54) is 0 Å². The minimum atomic E-state index is 0. The van der Waals surface area contributed by atoms with Gasteiger partial charge in [-0.2, -0.15) is 5.10 Å². The first kappa shape index (κ1) is 22.4. The molecule has 0 aliphatic carbocycles. The Labute approximate surface area is 187 Å². The fourth-order valence-electron chi connectivity index (χ4n) is 2.62. The molecule has 2 aromatic heterocycles. The minimum Gasteiger partial charge on any atom is -0.357 e. The van der Waals surface area contributed by atoms with E-state index in [4.69, 9.17) is 4.99 Å². The zero-order valence-corrected chi connectivity index (χ0v) is 19.6. The Morgan fingerprint density at radius 1 is 1.21 bits per heavy atom. The molecule has 6 nitrogen and oxygen atoms in total. The molecule has 0 atom stereocenters. The first-order valence-corrected chi connectivity index (χ1v) is 10.1. The molecule has 0 aliphatic heterocycles. The second kappa shape index (κ2) is 11.2. The Balaban J connectivity index is 0.00000280. The largest absolute Gasteiger partial charge is 0.357 e. The summed E-state index contributed by atoms with van der Waals surface area (Å²) in [5.41, 5.74) is 3.31. The molecule has 3 aromatic rings. The van der Waals surface area contributed by atoms with Gasteiger partial charge in [-0.1, -0.05) is 32.0 Å². The molecule has 0 unspecified atom stereocenters. The lowest BCUT2D eigenvalue weighted by Crippen LogP contribution is -2.36. The van der Waals surface area contributed by atoms with Crippen molar-refractivity contribution in [2.24, 2.45) is 4.99 Å². The molecule has 3 rings (SSSR count). The number of aliphatic imine (C=N–C) groups is 1. The third-order valence-electron chi connectivity index (χ3n) is 4.06. The van der Waals surface area contributed by atoms with Crippen LogP contribution in [0.15, 0.2) is 53.1 Å². The molecule has 2 N–H and O–H groups in total. The molecule has 0 saturated carbocycles. The van der Waals surface area contributed by atoms with E-state index in [0.717, 1.165) is 34.5 Å². The number of halogens is 1. The summed E-state index contributed by atoms with van der Waals surface area (Å²) in [6.07, 6.45) is 3.73. The van der Waals surface area contributed by atoms with Crippen molar-refractivity contribution in [2.45, 2.75) is 39.8 Å². The van der Waals surface area contributed by atoms with E-state index < -0.39 is 0 Å². The molecule has 0 fully saturated rings. The van der Waals surface area contributed by atoms with E-state index in [-0.39, 0.29) is 24.0 Å². The van der Waals surface area contributed by atoms with Crippen LogP contribution in [0.4, 0.5) is 0 Å². The summed E-state index contributed by atoms with van der Waals surface area (Å²) in [6.45, 7) is 8.44. The maximum absolute atomic E-state index is 4.74. The summed E-state index contributed by atoms with van der Waals surface area (Å²) in [6, 6.07) is 10.1. The van der Waals surface area contributed by atoms with Gasteiger partial charge in [-0.25, -0.2) is 14.7 Å². The van der Waals surface area contributed by atoms with Gasteiger partial charge in [0.25, 0.3) is 0 Å². The highest BCUT2D eigenvalue weighted by Gasteiger charge is 2.07. The molecule has 0 radical (unpaired) electrons. The van der Waals surface area contributed by atoms with E-state index in [1.807, 2.05) is 29.1 Å². The standard InChI is InChI=1S/C20H26N6S.HI/c1-4-21-20(23-13-19-25-17(14-27-19)15(2)3)22-12-16-8-5-6-9-18(16)26-11-7-10-24-26;/h5-11,14-15H,4,12-13H2,1-3H3,(H2,21,22,23);1H. The van der Waals surface area contributed by atoms with Crippen LogP contribution >= 0.6 is 35.3 Å². The first-order chi connectivity index (χ1) is 13.2. The van der Waals surface area contributed by atoms with Crippen LogP contribution < -0.4 is 10.6 Å². The Morgan fingerprint density at radius 3 is 2.71 bits per heavy atom. The maximum Gasteiger partial charge on any atom is 0.191 e. The number of hydrogen-bond donors (Lipinski definition) is 2. The minimum absolute atomic E-state index is 0. The summed E-state index contributed by atoms with van der Waals surface area (Å²) in [5.74, 6) is 1.24. The van der Waals surface area contributed by atoms with Gasteiger partial charge in [-0.05, 0) is 30.5 Å². The zero-order chi connectivity index (χ0) is 19.1. The SMILES string of the molecule is CCNC(=NCc1ccccc1-n1cccn1)NCc1nc(C(C)C)cs1.I. The molecule has 150 valence electrons. The summed E-state index contributed by atoms with van der Waals surface area (Å²) >= 11 is 1.69. The van der Waals surface area contributed by atoms with Gasteiger partial charge in [-0.15, -0.1) is 35.3 Å². The van der Waals surface area contributed by atoms with E-state index in [9.17, 15) is 0 Å². The molecule has 0 aliphatic rings. The third-order valence-corrected chi connectivity index (χ3v) is 4.93. The molecule has 0 spiro atoms. The van der Waals surface area contributed by atoms with E-state index in [0.29, 0.717) is 19.0 Å². The number of para-hydroxylation sites is 1.